The number of halogens is 2. The molecule has 0 saturated carbocycles. The number of rotatable bonds is 2. The van der Waals surface area contributed by atoms with Gasteiger partial charge in [-0.25, -0.2) is 4.39 Å². The summed E-state index contributed by atoms with van der Waals surface area (Å²) >= 11 is 3.06. The molecule has 88 valence electrons. The van der Waals surface area contributed by atoms with E-state index in [4.69, 9.17) is 15.2 Å². The molecule has 0 spiro atoms. The van der Waals surface area contributed by atoms with E-state index in [-0.39, 0.29) is 22.3 Å². The van der Waals surface area contributed by atoms with E-state index >= 15 is 0 Å². The lowest BCUT2D eigenvalue weighted by molar-refractivity contribution is 0.145. The largest absolute Gasteiger partial charge is 0.486 e. The third kappa shape index (κ3) is 1.88. The Hall–Kier alpha value is -0.850. The van der Waals surface area contributed by atoms with Crippen molar-refractivity contribution in [2.24, 2.45) is 5.73 Å². The highest BCUT2D eigenvalue weighted by Gasteiger charge is 2.26. The van der Waals surface area contributed by atoms with Gasteiger partial charge in [-0.2, -0.15) is 0 Å². The second-order valence-corrected chi connectivity index (χ2v) is 4.22. The summed E-state index contributed by atoms with van der Waals surface area (Å²) in [5.74, 6) is 0.0918. The summed E-state index contributed by atoms with van der Waals surface area (Å²) in [4.78, 5) is 0. The number of aliphatic hydroxyl groups excluding tert-OH is 1. The highest BCUT2D eigenvalue weighted by Crippen LogP contribution is 2.41. The molecule has 1 atom stereocenters. The van der Waals surface area contributed by atoms with E-state index < -0.39 is 11.9 Å². The van der Waals surface area contributed by atoms with Gasteiger partial charge < -0.3 is 20.3 Å². The van der Waals surface area contributed by atoms with Gasteiger partial charge in [-0.05, 0) is 15.9 Å². The molecule has 2 rings (SSSR count). The standard InChI is InChI=1S/C10H11BrFNO3/c11-5-3-7-10(16-2-1-15-7)8(9(5)12)6(14)4-13/h3,6,14H,1-2,4,13H2. The van der Waals surface area contributed by atoms with Crippen LogP contribution in [0.1, 0.15) is 11.7 Å². The molecule has 1 unspecified atom stereocenters. The van der Waals surface area contributed by atoms with Gasteiger partial charge in [-0.1, -0.05) is 0 Å². The zero-order valence-corrected chi connectivity index (χ0v) is 9.96. The van der Waals surface area contributed by atoms with Gasteiger partial charge in [0.1, 0.15) is 19.0 Å². The lowest BCUT2D eigenvalue weighted by atomic mass is 10.1. The molecule has 0 fully saturated rings. The molecule has 6 heteroatoms. The Labute approximate surface area is 100 Å². The average Bonchev–Trinajstić information content (AvgIpc) is 2.30. The third-order valence-corrected chi connectivity index (χ3v) is 2.89. The summed E-state index contributed by atoms with van der Waals surface area (Å²) in [6, 6.07) is 1.48. The zero-order chi connectivity index (χ0) is 11.7. The van der Waals surface area contributed by atoms with Crippen molar-refractivity contribution in [3.8, 4) is 11.5 Å². The molecule has 0 aliphatic carbocycles. The molecular weight excluding hydrogens is 281 g/mol. The van der Waals surface area contributed by atoms with Gasteiger partial charge in [-0.15, -0.1) is 0 Å². The van der Waals surface area contributed by atoms with E-state index in [0.29, 0.717) is 19.0 Å². The van der Waals surface area contributed by atoms with Crippen LogP contribution in [0.4, 0.5) is 4.39 Å². The normalized spacial score (nSPS) is 16.0. The topological polar surface area (TPSA) is 64.7 Å². The van der Waals surface area contributed by atoms with Crippen molar-refractivity contribution in [1.29, 1.82) is 0 Å². The molecular formula is C10H11BrFNO3. The molecule has 1 aliphatic heterocycles. The molecule has 0 amide bonds. The Morgan fingerprint density at radius 2 is 2.19 bits per heavy atom. The fourth-order valence-electron chi connectivity index (χ4n) is 1.57. The van der Waals surface area contributed by atoms with Crippen molar-refractivity contribution in [3.05, 3.63) is 21.9 Å². The first-order chi connectivity index (χ1) is 7.65. The first-order valence-corrected chi connectivity index (χ1v) is 5.60. The van der Waals surface area contributed by atoms with Crippen molar-refractivity contribution in [3.63, 3.8) is 0 Å². The molecule has 0 saturated heterocycles. The quantitative estimate of drug-likeness (QED) is 0.863. The Kier molecular flexibility index (Phi) is 3.32. The maximum absolute atomic E-state index is 13.8. The number of nitrogens with two attached hydrogens (primary N) is 1. The van der Waals surface area contributed by atoms with Crippen LogP contribution in [0.3, 0.4) is 0 Å². The minimum Gasteiger partial charge on any atom is -0.486 e. The van der Waals surface area contributed by atoms with Crippen LogP contribution in [0.2, 0.25) is 0 Å². The van der Waals surface area contributed by atoms with Gasteiger partial charge in [0, 0.05) is 12.6 Å². The molecule has 0 aromatic heterocycles. The molecule has 1 heterocycles. The second kappa shape index (κ2) is 4.57. The summed E-state index contributed by atoms with van der Waals surface area (Å²) in [5.41, 5.74) is 5.38. The lowest BCUT2D eigenvalue weighted by Gasteiger charge is -2.23. The fourth-order valence-corrected chi connectivity index (χ4v) is 1.99. The number of fused-ring (bicyclic) bond motifs is 1. The predicted octanol–water partition coefficient (Wildman–Crippen LogP) is 1.35. The van der Waals surface area contributed by atoms with Gasteiger partial charge in [0.25, 0.3) is 0 Å². The van der Waals surface area contributed by atoms with E-state index in [1.807, 2.05) is 0 Å². The monoisotopic (exact) mass is 291 g/mol. The Bertz CT molecular complexity index is 414. The van der Waals surface area contributed by atoms with Crippen LogP contribution in [-0.4, -0.2) is 24.9 Å². The van der Waals surface area contributed by atoms with Crippen molar-refractivity contribution in [1.82, 2.24) is 0 Å². The van der Waals surface area contributed by atoms with Gasteiger partial charge in [0.15, 0.2) is 11.5 Å². The van der Waals surface area contributed by atoms with E-state index in [9.17, 15) is 9.50 Å². The third-order valence-electron chi connectivity index (χ3n) is 2.32. The Balaban J connectivity index is 2.59. The minimum absolute atomic E-state index is 0.0478. The van der Waals surface area contributed by atoms with Crippen molar-refractivity contribution < 1.29 is 19.0 Å². The van der Waals surface area contributed by atoms with Crippen LogP contribution >= 0.6 is 15.9 Å². The lowest BCUT2D eigenvalue weighted by Crippen LogP contribution is -2.21. The highest BCUT2D eigenvalue weighted by atomic mass is 79.9. The molecule has 16 heavy (non-hydrogen) atoms. The molecule has 1 aromatic carbocycles. The number of ether oxygens (including phenoxy) is 2. The smallest absolute Gasteiger partial charge is 0.170 e. The minimum atomic E-state index is -1.10. The van der Waals surface area contributed by atoms with Crippen LogP contribution < -0.4 is 15.2 Å². The van der Waals surface area contributed by atoms with Gasteiger partial charge in [0.2, 0.25) is 0 Å². The average molecular weight is 292 g/mol. The van der Waals surface area contributed by atoms with Crippen molar-refractivity contribution in [2.45, 2.75) is 6.10 Å². The molecule has 1 aliphatic rings. The molecule has 0 bridgehead atoms. The maximum atomic E-state index is 13.8. The summed E-state index contributed by atoms with van der Waals surface area (Å²) < 4.78 is 24.7. The number of aliphatic hydroxyl groups is 1. The summed E-state index contributed by atoms with van der Waals surface area (Å²) in [6.07, 6.45) is -1.10. The van der Waals surface area contributed by atoms with Crippen LogP contribution in [0.5, 0.6) is 11.5 Å². The van der Waals surface area contributed by atoms with Gasteiger partial charge in [-0.3, -0.25) is 0 Å². The first-order valence-electron chi connectivity index (χ1n) is 4.80. The van der Waals surface area contributed by atoms with E-state index in [1.54, 1.807) is 0 Å². The van der Waals surface area contributed by atoms with Crippen molar-refractivity contribution in [2.75, 3.05) is 19.8 Å². The van der Waals surface area contributed by atoms with Gasteiger partial charge in [0.05, 0.1) is 16.1 Å². The second-order valence-electron chi connectivity index (χ2n) is 3.36. The molecule has 1 aromatic rings. The first kappa shape index (κ1) is 11.6. The number of hydrogen-bond acceptors (Lipinski definition) is 4. The van der Waals surface area contributed by atoms with Crippen LogP contribution in [0.25, 0.3) is 0 Å². The molecule has 0 radical (unpaired) electrons. The van der Waals surface area contributed by atoms with Crippen molar-refractivity contribution >= 4 is 15.9 Å². The summed E-state index contributed by atoms with van der Waals surface area (Å²) in [5, 5.41) is 9.67. The van der Waals surface area contributed by atoms with E-state index in [1.165, 1.54) is 6.07 Å². The predicted molar refractivity (Wildman–Crippen MR) is 59.1 cm³/mol. The number of hydrogen-bond donors (Lipinski definition) is 2. The molecule has 3 N–H and O–H groups in total. The summed E-state index contributed by atoms with van der Waals surface area (Å²) in [7, 11) is 0. The van der Waals surface area contributed by atoms with Crippen LogP contribution in [0.15, 0.2) is 10.5 Å². The van der Waals surface area contributed by atoms with E-state index in [2.05, 4.69) is 15.9 Å². The zero-order valence-electron chi connectivity index (χ0n) is 8.37. The van der Waals surface area contributed by atoms with Crippen LogP contribution in [0, 0.1) is 5.82 Å². The Morgan fingerprint density at radius 3 is 2.88 bits per heavy atom. The van der Waals surface area contributed by atoms with Gasteiger partial charge >= 0.3 is 0 Å². The number of benzene rings is 1. The molecule has 4 nitrogen and oxygen atoms in total. The highest BCUT2D eigenvalue weighted by molar-refractivity contribution is 9.10. The SMILES string of the molecule is NCC(O)c1c(F)c(Br)cc2c1OCCO2. The summed E-state index contributed by atoms with van der Waals surface area (Å²) in [6.45, 7) is 0.658. The van der Waals surface area contributed by atoms with E-state index in [0.717, 1.165) is 0 Å². The van der Waals surface area contributed by atoms with Crippen LogP contribution in [-0.2, 0) is 0 Å². The maximum Gasteiger partial charge on any atom is 0.170 e. The fraction of sp³-hybridized carbons (Fsp3) is 0.400. The Morgan fingerprint density at radius 1 is 1.50 bits per heavy atom.